The molecule has 1 fully saturated rings. The first-order chi connectivity index (χ1) is 15.7. The van der Waals surface area contributed by atoms with Gasteiger partial charge in [0.25, 0.3) is 5.91 Å². The van der Waals surface area contributed by atoms with Gasteiger partial charge in [0.1, 0.15) is 5.69 Å². The van der Waals surface area contributed by atoms with Crippen molar-refractivity contribution in [2.45, 2.75) is 43.9 Å². The fraction of sp³-hybridized carbons (Fsp3) is 0.292. The van der Waals surface area contributed by atoms with Crippen LogP contribution in [-0.2, 0) is 6.18 Å². The van der Waals surface area contributed by atoms with Gasteiger partial charge < -0.3 is 10.6 Å². The van der Waals surface area contributed by atoms with E-state index in [1.807, 2.05) is 6.07 Å². The van der Waals surface area contributed by atoms with Crippen LogP contribution in [-0.4, -0.2) is 23.0 Å². The normalized spacial score (nSPS) is 18.5. The van der Waals surface area contributed by atoms with Crippen LogP contribution >= 0.6 is 11.6 Å². The zero-order valence-corrected chi connectivity index (χ0v) is 18.2. The average Bonchev–Trinajstić information content (AvgIpc) is 2.78. The maximum Gasteiger partial charge on any atom is 0.433 e. The molecule has 0 aliphatic heterocycles. The first kappa shape index (κ1) is 22.9. The molecule has 170 valence electrons. The summed E-state index contributed by atoms with van der Waals surface area (Å²) in [6, 6.07) is 13.8. The van der Waals surface area contributed by atoms with E-state index in [0.717, 1.165) is 25.3 Å². The number of alkyl halides is 3. The molecule has 0 bridgehead atoms. The van der Waals surface area contributed by atoms with Crippen LogP contribution < -0.4 is 10.6 Å². The van der Waals surface area contributed by atoms with E-state index < -0.39 is 11.9 Å². The van der Waals surface area contributed by atoms with Crippen LogP contribution in [0.3, 0.4) is 0 Å². The number of nitriles is 1. The summed E-state index contributed by atoms with van der Waals surface area (Å²) in [4.78, 5) is 16.4. The van der Waals surface area contributed by atoms with E-state index in [9.17, 15) is 23.2 Å². The number of nitrogens with zero attached hydrogens (tertiary/aromatic N) is 2. The number of halogens is 4. The van der Waals surface area contributed by atoms with Crippen LogP contribution in [0, 0.1) is 11.3 Å². The largest absolute Gasteiger partial charge is 0.433 e. The number of aromatic nitrogens is 1. The Hall–Kier alpha value is -3.31. The number of rotatable bonds is 4. The first-order valence-electron chi connectivity index (χ1n) is 10.5. The number of hydrogen-bond donors (Lipinski definition) is 2. The lowest BCUT2D eigenvalue weighted by atomic mass is 9.90. The molecular formula is C24H20ClF3N4O. The van der Waals surface area contributed by atoms with Gasteiger partial charge in [-0.15, -0.1) is 0 Å². The van der Waals surface area contributed by atoms with Gasteiger partial charge >= 0.3 is 6.18 Å². The minimum absolute atomic E-state index is 0.152. The molecule has 0 spiro atoms. The quantitative estimate of drug-likeness (QED) is 0.493. The van der Waals surface area contributed by atoms with Crippen molar-refractivity contribution < 1.29 is 18.0 Å². The number of amides is 1. The molecule has 4 rings (SSSR count). The predicted octanol–water partition coefficient (Wildman–Crippen LogP) is 5.93. The Morgan fingerprint density at radius 3 is 2.64 bits per heavy atom. The molecule has 0 unspecified atom stereocenters. The third-order valence-electron chi connectivity index (χ3n) is 5.72. The summed E-state index contributed by atoms with van der Waals surface area (Å²) in [6.45, 7) is 0. The molecule has 3 aromatic rings. The summed E-state index contributed by atoms with van der Waals surface area (Å²) < 4.78 is 40.2. The molecule has 33 heavy (non-hydrogen) atoms. The number of nitrogens with one attached hydrogen (secondary N) is 2. The molecule has 9 heteroatoms. The maximum atomic E-state index is 13.4. The number of carbonyl (C=O) groups is 1. The second-order valence-electron chi connectivity index (χ2n) is 8.05. The second kappa shape index (κ2) is 9.28. The summed E-state index contributed by atoms with van der Waals surface area (Å²) in [5.41, 5.74) is 0.126. The Balaban J connectivity index is 1.54. The lowest BCUT2D eigenvalue weighted by molar-refractivity contribution is -0.140. The monoisotopic (exact) mass is 472 g/mol. The fourth-order valence-corrected chi connectivity index (χ4v) is 4.35. The standard InChI is InChI=1S/C24H20ClF3N4O/c25-15-8-9-20-19(10-15)21(12-22(32-20)24(26,27)28)30-16-5-3-6-17(11-16)31-23(33)18-7-2-1-4-14(18)13-29/h1-2,4,7-10,12,16-17H,3,5-6,11H2,(H,30,32)(H,31,33)/t16-,17+/m0/s1. The van der Waals surface area contributed by atoms with Crippen LogP contribution in [0.4, 0.5) is 18.9 Å². The molecule has 1 heterocycles. The molecular weight excluding hydrogens is 453 g/mol. The highest BCUT2D eigenvalue weighted by Crippen LogP contribution is 2.35. The van der Waals surface area contributed by atoms with E-state index >= 15 is 0 Å². The third kappa shape index (κ3) is 5.20. The average molecular weight is 473 g/mol. The van der Waals surface area contributed by atoms with Gasteiger partial charge in [-0.3, -0.25) is 4.79 Å². The number of fused-ring (bicyclic) bond motifs is 1. The molecule has 1 aliphatic rings. The molecule has 5 nitrogen and oxygen atoms in total. The Bertz CT molecular complexity index is 1240. The summed E-state index contributed by atoms with van der Waals surface area (Å²) in [5.74, 6) is -0.335. The van der Waals surface area contributed by atoms with Gasteiger partial charge in [0.15, 0.2) is 0 Å². The van der Waals surface area contributed by atoms with E-state index in [1.165, 1.54) is 12.1 Å². The van der Waals surface area contributed by atoms with Crippen LogP contribution in [0.2, 0.25) is 5.02 Å². The molecule has 1 aromatic heterocycles. The van der Waals surface area contributed by atoms with Crippen molar-refractivity contribution in [3.63, 3.8) is 0 Å². The Labute approximate surface area is 193 Å². The lowest BCUT2D eigenvalue weighted by Gasteiger charge is -2.31. The molecule has 0 saturated heterocycles. The second-order valence-corrected chi connectivity index (χ2v) is 8.49. The van der Waals surface area contributed by atoms with Crippen molar-refractivity contribution in [1.29, 1.82) is 5.26 Å². The Kier molecular flexibility index (Phi) is 6.43. The third-order valence-corrected chi connectivity index (χ3v) is 5.96. The molecule has 2 atom stereocenters. The zero-order valence-electron chi connectivity index (χ0n) is 17.4. The van der Waals surface area contributed by atoms with Crippen molar-refractivity contribution in [1.82, 2.24) is 10.3 Å². The van der Waals surface area contributed by atoms with Gasteiger partial charge in [0.05, 0.1) is 22.7 Å². The first-order valence-corrected chi connectivity index (χ1v) is 10.9. The molecule has 2 N–H and O–H groups in total. The molecule has 1 saturated carbocycles. The summed E-state index contributed by atoms with van der Waals surface area (Å²) >= 11 is 6.08. The van der Waals surface area contributed by atoms with Gasteiger partial charge in [-0.25, -0.2) is 4.98 Å². The Morgan fingerprint density at radius 2 is 1.88 bits per heavy atom. The topological polar surface area (TPSA) is 77.8 Å². The van der Waals surface area contributed by atoms with Crippen molar-refractivity contribution in [3.05, 3.63) is 70.4 Å². The van der Waals surface area contributed by atoms with Crippen molar-refractivity contribution >= 4 is 34.1 Å². The lowest BCUT2D eigenvalue weighted by Crippen LogP contribution is -2.42. The zero-order chi connectivity index (χ0) is 23.6. The minimum atomic E-state index is -4.58. The molecule has 1 aliphatic carbocycles. The number of anilines is 1. The van der Waals surface area contributed by atoms with Crippen molar-refractivity contribution in [3.8, 4) is 6.07 Å². The number of hydrogen-bond acceptors (Lipinski definition) is 4. The van der Waals surface area contributed by atoms with E-state index in [0.29, 0.717) is 33.6 Å². The molecule has 1 amide bonds. The van der Waals surface area contributed by atoms with E-state index in [1.54, 1.807) is 30.3 Å². The maximum absolute atomic E-state index is 13.4. The van der Waals surface area contributed by atoms with Crippen molar-refractivity contribution in [2.24, 2.45) is 0 Å². The van der Waals surface area contributed by atoms with E-state index in [2.05, 4.69) is 15.6 Å². The number of pyridine rings is 1. The number of benzene rings is 2. The summed E-state index contributed by atoms with van der Waals surface area (Å²) in [7, 11) is 0. The van der Waals surface area contributed by atoms with Crippen molar-refractivity contribution in [2.75, 3.05) is 5.32 Å². The predicted molar refractivity (Wildman–Crippen MR) is 120 cm³/mol. The summed E-state index contributed by atoms with van der Waals surface area (Å²) in [6.07, 6.45) is -1.77. The minimum Gasteiger partial charge on any atom is -0.382 e. The van der Waals surface area contributed by atoms with Gasteiger partial charge in [0, 0.05) is 28.2 Å². The summed E-state index contributed by atoms with van der Waals surface area (Å²) in [5, 5.41) is 16.3. The van der Waals surface area contributed by atoms with E-state index in [-0.39, 0.29) is 23.5 Å². The highest BCUT2D eigenvalue weighted by molar-refractivity contribution is 6.31. The Morgan fingerprint density at radius 1 is 1.12 bits per heavy atom. The highest BCUT2D eigenvalue weighted by Gasteiger charge is 2.34. The van der Waals surface area contributed by atoms with Gasteiger partial charge in [-0.2, -0.15) is 18.4 Å². The highest BCUT2D eigenvalue weighted by atomic mass is 35.5. The fourth-order valence-electron chi connectivity index (χ4n) is 4.18. The van der Waals surface area contributed by atoms with Gasteiger partial charge in [0.2, 0.25) is 0 Å². The molecule has 2 aromatic carbocycles. The van der Waals surface area contributed by atoms with Crippen LogP contribution in [0.1, 0.15) is 47.3 Å². The SMILES string of the molecule is N#Cc1ccccc1C(=O)N[C@@H]1CCC[C@H](Nc2cc(C(F)(F)F)nc3ccc(Cl)cc23)C1. The molecule has 0 radical (unpaired) electrons. The van der Waals surface area contributed by atoms with Gasteiger partial charge in [-0.05, 0) is 62.1 Å². The van der Waals surface area contributed by atoms with Gasteiger partial charge in [-0.1, -0.05) is 23.7 Å². The smallest absolute Gasteiger partial charge is 0.382 e. The van der Waals surface area contributed by atoms with Crippen LogP contribution in [0.5, 0.6) is 0 Å². The van der Waals surface area contributed by atoms with Crippen LogP contribution in [0.25, 0.3) is 10.9 Å². The van der Waals surface area contributed by atoms with E-state index in [4.69, 9.17) is 11.6 Å². The van der Waals surface area contributed by atoms with Crippen LogP contribution in [0.15, 0.2) is 48.5 Å². The number of carbonyl (C=O) groups excluding carboxylic acids is 1.